The molecule has 2 rings (SSSR count). The second kappa shape index (κ2) is 7.22. The van der Waals surface area contributed by atoms with Gasteiger partial charge in [-0.3, -0.25) is 9.69 Å². The first kappa shape index (κ1) is 14.8. The summed E-state index contributed by atoms with van der Waals surface area (Å²) in [7, 11) is 0. The van der Waals surface area contributed by atoms with Gasteiger partial charge in [-0.1, -0.05) is 0 Å². The highest BCUT2D eigenvalue weighted by Crippen LogP contribution is 2.19. The normalized spacial score (nSPS) is 27.9. The maximum atomic E-state index is 11.3. The molecule has 1 amide bonds. The van der Waals surface area contributed by atoms with Crippen molar-refractivity contribution in [3.05, 3.63) is 0 Å². The number of nitrogens with zero attached hydrogens (tertiary/aromatic N) is 2. The van der Waals surface area contributed by atoms with E-state index in [0.29, 0.717) is 5.92 Å². The van der Waals surface area contributed by atoms with Gasteiger partial charge in [0.25, 0.3) is 0 Å². The van der Waals surface area contributed by atoms with E-state index in [1.54, 1.807) is 6.92 Å². The molecular formula is C14H27N3O2. The van der Waals surface area contributed by atoms with Crippen LogP contribution in [0, 0.1) is 5.92 Å². The SMILES string of the molecule is CC(=O)N1CCN(CC(O)C2CCCNCC2)CC1. The average Bonchev–Trinajstić information content (AvgIpc) is 2.68. The lowest BCUT2D eigenvalue weighted by molar-refractivity contribution is -0.130. The summed E-state index contributed by atoms with van der Waals surface area (Å²) in [6, 6.07) is 0. The molecule has 0 aromatic carbocycles. The molecule has 5 heteroatoms. The van der Waals surface area contributed by atoms with Crippen LogP contribution in [-0.4, -0.2) is 72.7 Å². The summed E-state index contributed by atoms with van der Waals surface area (Å²) in [6.45, 7) is 7.88. The van der Waals surface area contributed by atoms with Gasteiger partial charge in [-0.05, 0) is 38.3 Å². The number of aliphatic hydroxyl groups excluding tert-OH is 1. The maximum absolute atomic E-state index is 11.3. The van der Waals surface area contributed by atoms with Crippen molar-refractivity contribution >= 4 is 5.91 Å². The number of piperazine rings is 1. The molecule has 2 unspecified atom stereocenters. The van der Waals surface area contributed by atoms with E-state index in [9.17, 15) is 9.90 Å². The molecule has 2 saturated heterocycles. The van der Waals surface area contributed by atoms with Crippen molar-refractivity contribution < 1.29 is 9.90 Å². The largest absolute Gasteiger partial charge is 0.392 e. The molecule has 2 aliphatic rings. The maximum Gasteiger partial charge on any atom is 0.219 e. The van der Waals surface area contributed by atoms with Crippen molar-refractivity contribution in [2.45, 2.75) is 32.3 Å². The number of amides is 1. The van der Waals surface area contributed by atoms with E-state index >= 15 is 0 Å². The van der Waals surface area contributed by atoms with Crippen LogP contribution in [0.4, 0.5) is 0 Å². The summed E-state index contributed by atoms with van der Waals surface area (Å²) in [6.07, 6.45) is 3.15. The van der Waals surface area contributed by atoms with Gasteiger partial charge in [-0.2, -0.15) is 0 Å². The number of nitrogens with one attached hydrogen (secondary N) is 1. The van der Waals surface area contributed by atoms with Crippen molar-refractivity contribution in [3.8, 4) is 0 Å². The fourth-order valence-electron chi connectivity index (χ4n) is 3.09. The summed E-state index contributed by atoms with van der Waals surface area (Å²) < 4.78 is 0. The Balaban J connectivity index is 1.73. The minimum atomic E-state index is -0.219. The second-order valence-corrected chi connectivity index (χ2v) is 5.82. The zero-order chi connectivity index (χ0) is 13.7. The molecule has 0 spiro atoms. The fraction of sp³-hybridized carbons (Fsp3) is 0.929. The lowest BCUT2D eigenvalue weighted by atomic mass is 9.94. The minimum Gasteiger partial charge on any atom is -0.392 e. The van der Waals surface area contributed by atoms with Crippen LogP contribution >= 0.6 is 0 Å². The van der Waals surface area contributed by atoms with Crippen molar-refractivity contribution in [1.29, 1.82) is 0 Å². The van der Waals surface area contributed by atoms with Gasteiger partial charge in [0.05, 0.1) is 6.10 Å². The number of hydrogen-bond donors (Lipinski definition) is 2. The zero-order valence-corrected chi connectivity index (χ0v) is 12.0. The molecule has 0 aliphatic carbocycles. The third kappa shape index (κ3) is 4.44. The van der Waals surface area contributed by atoms with Crippen LogP contribution in [0.25, 0.3) is 0 Å². The van der Waals surface area contributed by atoms with Crippen molar-refractivity contribution in [1.82, 2.24) is 15.1 Å². The standard InChI is InChI=1S/C14H27N3O2/c1-12(18)17-9-7-16(8-10-17)11-14(19)13-3-2-5-15-6-4-13/h13-15,19H,2-11H2,1H3. The van der Waals surface area contributed by atoms with E-state index in [-0.39, 0.29) is 12.0 Å². The van der Waals surface area contributed by atoms with Gasteiger partial charge >= 0.3 is 0 Å². The van der Waals surface area contributed by atoms with Gasteiger partial charge in [0.15, 0.2) is 0 Å². The number of carbonyl (C=O) groups is 1. The van der Waals surface area contributed by atoms with Gasteiger partial charge in [0, 0.05) is 39.6 Å². The average molecular weight is 269 g/mol. The summed E-state index contributed by atoms with van der Waals surface area (Å²) in [4.78, 5) is 15.4. The quantitative estimate of drug-likeness (QED) is 0.751. The second-order valence-electron chi connectivity index (χ2n) is 5.82. The number of aliphatic hydroxyl groups is 1. The highest BCUT2D eigenvalue weighted by atomic mass is 16.3. The van der Waals surface area contributed by atoms with Crippen molar-refractivity contribution in [2.75, 3.05) is 45.8 Å². The summed E-state index contributed by atoms with van der Waals surface area (Å²) in [5, 5.41) is 13.8. The van der Waals surface area contributed by atoms with Gasteiger partial charge in [-0.25, -0.2) is 0 Å². The van der Waals surface area contributed by atoms with Crippen LogP contribution in [-0.2, 0) is 4.79 Å². The Morgan fingerprint density at radius 3 is 2.68 bits per heavy atom. The van der Waals surface area contributed by atoms with Gasteiger partial charge in [0.2, 0.25) is 5.91 Å². The Kier molecular flexibility index (Phi) is 5.60. The predicted molar refractivity (Wildman–Crippen MR) is 74.9 cm³/mol. The van der Waals surface area contributed by atoms with Crippen molar-refractivity contribution in [3.63, 3.8) is 0 Å². The molecule has 2 atom stereocenters. The van der Waals surface area contributed by atoms with Crippen LogP contribution in [0.5, 0.6) is 0 Å². The van der Waals surface area contributed by atoms with Gasteiger partial charge in [-0.15, -0.1) is 0 Å². The minimum absolute atomic E-state index is 0.162. The van der Waals surface area contributed by atoms with Crippen LogP contribution in [0.15, 0.2) is 0 Å². The van der Waals surface area contributed by atoms with E-state index in [1.807, 2.05) is 4.90 Å². The molecule has 19 heavy (non-hydrogen) atoms. The molecule has 2 fully saturated rings. The molecule has 2 N–H and O–H groups in total. The van der Waals surface area contributed by atoms with Crippen LogP contribution < -0.4 is 5.32 Å². The van der Waals surface area contributed by atoms with Gasteiger partial charge < -0.3 is 15.3 Å². The van der Waals surface area contributed by atoms with E-state index in [1.165, 1.54) is 6.42 Å². The van der Waals surface area contributed by atoms with E-state index in [4.69, 9.17) is 0 Å². The number of hydrogen-bond acceptors (Lipinski definition) is 4. The van der Waals surface area contributed by atoms with Gasteiger partial charge in [0.1, 0.15) is 0 Å². The first-order chi connectivity index (χ1) is 9.16. The molecule has 2 heterocycles. The molecule has 2 aliphatic heterocycles. The fourth-order valence-corrected chi connectivity index (χ4v) is 3.09. The lowest BCUT2D eigenvalue weighted by Crippen LogP contribution is -2.50. The highest BCUT2D eigenvalue weighted by Gasteiger charge is 2.25. The third-order valence-electron chi connectivity index (χ3n) is 4.43. The monoisotopic (exact) mass is 269 g/mol. The first-order valence-electron chi connectivity index (χ1n) is 7.53. The zero-order valence-electron chi connectivity index (χ0n) is 12.0. The first-order valence-corrected chi connectivity index (χ1v) is 7.53. The van der Waals surface area contributed by atoms with Crippen LogP contribution in [0.3, 0.4) is 0 Å². The molecule has 0 saturated carbocycles. The predicted octanol–water partition coefficient (Wildman–Crippen LogP) is -0.0989. The molecule has 110 valence electrons. The van der Waals surface area contributed by atoms with Crippen LogP contribution in [0.2, 0.25) is 0 Å². The molecule has 0 aromatic heterocycles. The topological polar surface area (TPSA) is 55.8 Å². The number of rotatable bonds is 3. The molecule has 5 nitrogen and oxygen atoms in total. The van der Waals surface area contributed by atoms with E-state index < -0.39 is 0 Å². The Bertz CT molecular complexity index is 282. The molecular weight excluding hydrogens is 242 g/mol. The smallest absolute Gasteiger partial charge is 0.219 e. The number of β-amino-alcohol motifs (C(OH)–C–C–N with tert-alkyl or cyclic N) is 1. The summed E-state index contributed by atoms with van der Waals surface area (Å²) >= 11 is 0. The van der Waals surface area contributed by atoms with E-state index in [2.05, 4.69) is 10.2 Å². The van der Waals surface area contributed by atoms with E-state index in [0.717, 1.165) is 58.7 Å². The lowest BCUT2D eigenvalue weighted by Gasteiger charge is -2.36. The molecule has 0 bridgehead atoms. The van der Waals surface area contributed by atoms with Crippen LogP contribution in [0.1, 0.15) is 26.2 Å². The summed E-state index contributed by atoms with van der Waals surface area (Å²) in [5.41, 5.74) is 0. The Morgan fingerprint density at radius 1 is 1.26 bits per heavy atom. The highest BCUT2D eigenvalue weighted by molar-refractivity contribution is 5.73. The van der Waals surface area contributed by atoms with Crippen molar-refractivity contribution in [2.24, 2.45) is 5.92 Å². The Hall–Kier alpha value is -0.650. The molecule has 0 aromatic rings. The number of carbonyl (C=O) groups excluding carboxylic acids is 1. The third-order valence-corrected chi connectivity index (χ3v) is 4.43. The summed E-state index contributed by atoms with van der Waals surface area (Å²) in [5.74, 6) is 0.593. The Labute approximate surface area is 115 Å². The Morgan fingerprint density at radius 2 is 2.00 bits per heavy atom. The molecule has 0 radical (unpaired) electrons.